The van der Waals surface area contributed by atoms with E-state index in [9.17, 15) is 19.7 Å². The molecule has 0 bridgehead atoms. The second-order valence-electron chi connectivity index (χ2n) is 5.92. The Labute approximate surface area is 147 Å². The minimum atomic E-state index is -0.466. The quantitative estimate of drug-likeness (QED) is 0.642. The Morgan fingerprint density at radius 1 is 1.36 bits per heavy atom. The van der Waals surface area contributed by atoms with Gasteiger partial charge in [-0.25, -0.2) is 0 Å². The third-order valence-electron chi connectivity index (χ3n) is 4.30. The summed E-state index contributed by atoms with van der Waals surface area (Å²) in [7, 11) is 0. The number of rotatable bonds is 4. The predicted octanol–water partition coefficient (Wildman–Crippen LogP) is 2.83. The number of aromatic nitrogens is 2. The van der Waals surface area contributed by atoms with E-state index >= 15 is 0 Å². The number of nitrogens with one attached hydrogen (secondary N) is 2. The molecular weight excluding hydrogens is 344 g/mol. The van der Waals surface area contributed by atoms with E-state index in [4.69, 9.17) is 0 Å². The Bertz CT molecular complexity index is 871. The van der Waals surface area contributed by atoms with Gasteiger partial charge in [0.1, 0.15) is 5.82 Å². The zero-order valence-electron chi connectivity index (χ0n) is 13.8. The van der Waals surface area contributed by atoms with Crippen molar-refractivity contribution in [2.45, 2.75) is 31.6 Å². The topological polar surface area (TPSA) is 110 Å². The van der Waals surface area contributed by atoms with Gasteiger partial charge in [0.2, 0.25) is 5.91 Å². The largest absolute Gasteiger partial charge is 0.310 e. The Morgan fingerprint density at radius 3 is 2.64 bits per heavy atom. The number of benzene rings is 1. The number of nitro benzene ring substituents is 1. The first-order chi connectivity index (χ1) is 11.9. The second-order valence-corrected chi connectivity index (χ2v) is 7.01. The van der Waals surface area contributed by atoms with Crippen LogP contribution in [-0.2, 0) is 4.79 Å². The van der Waals surface area contributed by atoms with Crippen LogP contribution in [0.1, 0.15) is 42.7 Å². The van der Waals surface area contributed by atoms with Gasteiger partial charge in [0.15, 0.2) is 0 Å². The standard InChI is InChI=1S/C16H18N4O4S/c1-3-9(2)19-15-13(16(22)18-19)14(25-8-12(21)17-15)10-4-6-11(7-5-10)20(23)24/h4-7,9,14H,3,8H2,1-2H3,(H,17,21)(H,18,22). The van der Waals surface area contributed by atoms with Crippen molar-refractivity contribution in [1.82, 2.24) is 9.78 Å². The van der Waals surface area contributed by atoms with E-state index in [1.54, 1.807) is 16.8 Å². The molecule has 9 heteroatoms. The summed E-state index contributed by atoms with van der Waals surface area (Å²) in [4.78, 5) is 35.0. The van der Waals surface area contributed by atoms with Crippen LogP contribution in [0, 0.1) is 10.1 Å². The van der Waals surface area contributed by atoms with Gasteiger partial charge in [-0.05, 0) is 18.9 Å². The van der Waals surface area contributed by atoms with Gasteiger partial charge >= 0.3 is 0 Å². The van der Waals surface area contributed by atoms with Crippen LogP contribution in [0.5, 0.6) is 0 Å². The summed E-state index contributed by atoms with van der Waals surface area (Å²) in [6.07, 6.45) is 0.794. The molecule has 0 aliphatic carbocycles. The van der Waals surface area contributed by atoms with Crippen molar-refractivity contribution in [3.63, 3.8) is 0 Å². The smallest absolute Gasteiger partial charge is 0.270 e. The monoisotopic (exact) mass is 362 g/mol. The Balaban J connectivity index is 2.11. The van der Waals surface area contributed by atoms with Crippen LogP contribution in [0.3, 0.4) is 0 Å². The van der Waals surface area contributed by atoms with Crippen molar-refractivity contribution in [1.29, 1.82) is 0 Å². The van der Waals surface area contributed by atoms with Gasteiger partial charge in [-0.2, -0.15) is 0 Å². The highest BCUT2D eigenvalue weighted by Gasteiger charge is 2.31. The summed E-state index contributed by atoms with van der Waals surface area (Å²) in [6.45, 7) is 3.96. The van der Waals surface area contributed by atoms with Gasteiger partial charge < -0.3 is 5.32 Å². The number of nitrogens with zero attached hydrogens (tertiary/aromatic N) is 2. The maximum atomic E-state index is 12.6. The van der Waals surface area contributed by atoms with E-state index in [2.05, 4.69) is 10.4 Å². The number of fused-ring (bicyclic) bond motifs is 1. The molecule has 1 aliphatic heterocycles. The molecule has 1 aromatic carbocycles. The molecule has 0 radical (unpaired) electrons. The minimum Gasteiger partial charge on any atom is -0.310 e. The van der Waals surface area contributed by atoms with Crippen molar-refractivity contribution < 1.29 is 9.72 Å². The molecule has 2 N–H and O–H groups in total. The van der Waals surface area contributed by atoms with E-state index < -0.39 is 4.92 Å². The number of non-ortho nitro benzene ring substituents is 1. The number of thioether (sulfide) groups is 1. The lowest BCUT2D eigenvalue weighted by Gasteiger charge is -2.16. The molecule has 25 heavy (non-hydrogen) atoms. The maximum Gasteiger partial charge on any atom is 0.270 e. The lowest BCUT2D eigenvalue weighted by atomic mass is 10.1. The number of anilines is 1. The summed E-state index contributed by atoms with van der Waals surface area (Å²) in [6, 6.07) is 6.12. The first kappa shape index (κ1) is 17.3. The molecule has 132 valence electrons. The molecular formula is C16H18N4O4S. The summed E-state index contributed by atoms with van der Waals surface area (Å²) < 4.78 is 1.69. The second kappa shape index (κ2) is 6.75. The molecule has 0 fully saturated rings. The zero-order chi connectivity index (χ0) is 18.1. The first-order valence-corrected chi connectivity index (χ1v) is 8.97. The number of amides is 1. The van der Waals surface area contributed by atoms with E-state index in [0.717, 1.165) is 12.0 Å². The minimum absolute atomic E-state index is 0.0112. The van der Waals surface area contributed by atoms with Crippen LogP contribution in [-0.4, -0.2) is 26.4 Å². The van der Waals surface area contributed by atoms with Crippen molar-refractivity contribution >= 4 is 29.2 Å². The van der Waals surface area contributed by atoms with Crippen LogP contribution in [0.25, 0.3) is 0 Å². The summed E-state index contributed by atoms with van der Waals surface area (Å²) in [5, 5.41) is 16.1. The van der Waals surface area contributed by atoms with Crippen molar-refractivity contribution in [2.24, 2.45) is 0 Å². The Morgan fingerprint density at radius 2 is 2.04 bits per heavy atom. The highest BCUT2D eigenvalue weighted by atomic mass is 32.2. The molecule has 2 aromatic rings. The molecule has 3 rings (SSSR count). The molecule has 2 unspecified atom stereocenters. The number of aromatic amines is 1. The van der Waals surface area contributed by atoms with Crippen molar-refractivity contribution in [3.8, 4) is 0 Å². The molecule has 0 spiro atoms. The van der Waals surface area contributed by atoms with Crippen LogP contribution in [0.4, 0.5) is 11.5 Å². The van der Waals surface area contributed by atoms with Gasteiger partial charge in [-0.1, -0.05) is 19.1 Å². The molecule has 1 aliphatic rings. The highest BCUT2D eigenvalue weighted by Crippen LogP contribution is 2.40. The van der Waals surface area contributed by atoms with Crippen LogP contribution >= 0.6 is 11.8 Å². The lowest BCUT2D eigenvalue weighted by Crippen LogP contribution is -2.18. The van der Waals surface area contributed by atoms with E-state index in [-0.39, 0.29) is 34.2 Å². The van der Waals surface area contributed by atoms with E-state index in [1.165, 1.54) is 23.9 Å². The SMILES string of the molecule is CCC(C)n1[nH]c(=O)c2c1NC(=O)CSC2c1ccc([N+](=O)[O-])cc1. The predicted molar refractivity (Wildman–Crippen MR) is 96.1 cm³/mol. The third-order valence-corrected chi connectivity index (χ3v) is 5.57. The van der Waals surface area contributed by atoms with Gasteiger partial charge in [0, 0.05) is 18.2 Å². The molecule has 0 saturated heterocycles. The van der Waals surface area contributed by atoms with Gasteiger partial charge in [0.25, 0.3) is 11.2 Å². The normalized spacial score (nSPS) is 18.2. The van der Waals surface area contributed by atoms with Crippen molar-refractivity contribution in [2.75, 3.05) is 11.1 Å². The van der Waals surface area contributed by atoms with Crippen LogP contribution in [0.2, 0.25) is 0 Å². The van der Waals surface area contributed by atoms with Crippen LogP contribution < -0.4 is 10.9 Å². The number of carbonyl (C=O) groups excluding carboxylic acids is 1. The van der Waals surface area contributed by atoms with E-state index in [1.807, 2.05) is 13.8 Å². The lowest BCUT2D eigenvalue weighted by molar-refractivity contribution is -0.384. The third kappa shape index (κ3) is 3.19. The highest BCUT2D eigenvalue weighted by molar-refractivity contribution is 8.00. The first-order valence-electron chi connectivity index (χ1n) is 7.92. The molecule has 1 aromatic heterocycles. The number of hydrogen-bond acceptors (Lipinski definition) is 5. The van der Waals surface area contributed by atoms with Crippen molar-refractivity contribution in [3.05, 3.63) is 55.9 Å². The zero-order valence-corrected chi connectivity index (χ0v) is 14.6. The molecule has 1 amide bonds. The summed E-state index contributed by atoms with van der Waals surface area (Å²) in [5.74, 6) is 0.514. The molecule has 2 atom stereocenters. The Kier molecular flexibility index (Phi) is 4.67. The molecule has 2 heterocycles. The van der Waals surface area contributed by atoms with E-state index in [0.29, 0.717) is 11.4 Å². The van der Waals surface area contributed by atoms with Gasteiger partial charge in [0.05, 0.1) is 21.5 Å². The average Bonchev–Trinajstić information content (AvgIpc) is 2.80. The fourth-order valence-corrected chi connectivity index (χ4v) is 3.92. The fourth-order valence-electron chi connectivity index (χ4n) is 2.79. The Hall–Kier alpha value is -2.55. The maximum absolute atomic E-state index is 12.6. The average molecular weight is 362 g/mol. The number of nitro groups is 1. The number of hydrogen-bond donors (Lipinski definition) is 2. The van der Waals surface area contributed by atoms with Gasteiger partial charge in [-0.15, -0.1) is 11.8 Å². The fraction of sp³-hybridized carbons (Fsp3) is 0.375. The van der Waals surface area contributed by atoms with Crippen LogP contribution in [0.15, 0.2) is 29.1 Å². The summed E-state index contributed by atoms with van der Waals surface area (Å²) >= 11 is 1.33. The molecule has 0 saturated carbocycles. The summed E-state index contributed by atoms with van der Waals surface area (Å²) in [5.41, 5.74) is 0.960. The number of H-pyrrole nitrogens is 1. The van der Waals surface area contributed by atoms with Gasteiger partial charge in [-0.3, -0.25) is 29.5 Å². The molecule has 8 nitrogen and oxygen atoms in total. The number of carbonyl (C=O) groups is 1.